The van der Waals surface area contributed by atoms with Crippen molar-refractivity contribution >= 4 is 23.4 Å². The summed E-state index contributed by atoms with van der Waals surface area (Å²) in [5, 5.41) is 19.9. The maximum absolute atomic E-state index is 13.4. The summed E-state index contributed by atoms with van der Waals surface area (Å²) in [6.07, 6.45) is 6.16. The molecule has 3 unspecified atom stereocenters. The fraction of sp³-hybridized carbons (Fsp3) is 0.438. The van der Waals surface area contributed by atoms with Gasteiger partial charge in [0.25, 0.3) is 11.8 Å². The number of amides is 2. The smallest absolute Gasteiger partial charge is 0.268 e. The number of nitrogens with one attached hydrogen (secondary N) is 3. The number of aliphatic hydroxyl groups is 1. The van der Waals surface area contributed by atoms with Gasteiger partial charge in [-0.1, -0.05) is 25.4 Å². The number of hydrogen-bond acceptors (Lipinski definition) is 6. The molecule has 4 aliphatic rings. The number of carbonyl (C=O) groups excluding carboxylic acids is 2. The average molecular weight is 635 g/mol. The van der Waals surface area contributed by atoms with Gasteiger partial charge in [-0.15, -0.1) is 0 Å². The monoisotopic (exact) mass is 634 g/mol. The van der Waals surface area contributed by atoms with Gasteiger partial charge >= 0.3 is 0 Å². The minimum Gasteiger partial charge on any atom is -0.381 e. The van der Waals surface area contributed by atoms with Crippen LogP contribution < -0.4 is 16.0 Å². The molecule has 0 saturated carbocycles. The summed E-state index contributed by atoms with van der Waals surface area (Å²) >= 11 is 5.80. The van der Waals surface area contributed by atoms with Crippen LogP contribution in [0.3, 0.4) is 0 Å². The van der Waals surface area contributed by atoms with Crippen LogP contribution in [0.1, 0.15) is 56.8 Å². The highest BCUT2D eigenvalue weighted by Gasteiger charge is 2.52. The zero-order valence-electron chi connectivity index (χ0n) is 24.8. The number of nitrogens with zero attached hydrogens (tertiary/aromatic N) is 1. The molecule has 3 saturated heterocycles. The van der Waals surface area contributed by atoms with Crippen molar-refractivity contribution in [3.63, 3.8) is 0 Å². The second kappa shape index (κ2) is 15.1. The largest absolute Gasteiger partial charge is 0.381 e. The average Bonchev–Trinajstić information content (AvgIpc) is 3.62. The molecule has 44 heavy (non-hydrogen) atoms. The summed E-state index contributed by atoms with van der Waals surface area (Å²) in [7, 11) is 0. The quantitative estimate of drug-likeness (QED) is 0.358. The van der Waals surface area contributed by atoms with Crippen LogP contribution in [0, 0.1) is 17.5 Å². The van der Waals surface area contributed by atoms with Crippen molar-refractivity contribution in [2.24, 2.45) is 0 Å². The number of hydrogen-bond donors (Lipinski definition) is 4. The minimum absolute atomic E-state index is 0.0240. The van der Waals surface area contributed by atoms with Gasteiger partial charge in [0.1, 0.15) is 17.5 Å². The van der Waals surface area contributed by atoms with E-state index in [1.165, 1.54) is 23.1 Å². The van der Waals surface area contributed by atoms with Crippen LogP contribution in [0.2, 0.25) is 5.02 Å². The molecule has 4 N–H and O–H groups in total. The molecule has 2 aromatic rings. The Morgan fingerprint density at radius 2 is 1.95 bits per heavy atom. The lowest BCUT2D eigenvalue weighted by atomic mass is 10.0. The summed E-state index contributed by atoms with van der Waals surface area (Å²) in [5.74, 6) is -2.79. The lowest BCUT2D eigenvalue weighted by molar-refractivity contribution is -0.153. The predicted molar refractivity (Wildman–Crippen MR) is 161 cm³/mol. The lowest BCUT2D eigenvalue weighted by Crippen LogP contribution is -2.52. The highest BCUT2D eigenvalue weighted by molar-refractivity contribution is 6.30. The van der Waals surface area contributed by atoms with Crippen LogP contribution in [-0.4, -0.2) is 59.7 Å². The van der Waals surface area contributed by atoms with E-state index in [4.69, 9.17) is 16.3 Å². The first-order chi connectivity index (χ1) is 21.1. The minimum atomic E-state index is -2.15. The van der Waals surface area contributed by atoms with E-state index >= 15 is 0 Å². The predicted octanol–water partition coefficient (Wildman–Crippen LogP) is 4.63. The zero-order chi connectivity index (χ0) is 31.9. The zero-order valence-corrected chi connectivity index (χ0v) is 25.5. The topological polar surface area (TPSA) is 103 Å². The van der Waals surface area contributed by atoms with Crippen LogP contribution in [-0.2, 0) is 20.9 Å². The molecule has 8 nitrogen and oxygen atoms in total. The van der Waals surface area contributed by atoms with Crippen molar-refractivity contribution in [2.45, 2.75) is 63.8 Å². The summed E-state index contributed by atoms with van der Waals surface area (Å²) in [4.78, 5) is 26.7. The van der Waals surface area contributed by atoms with E-state index < -0.39 is 29.0 Å². The van der Waals surface area contributed by atoms with Crippen LogP contribution in [0.25, 0.3) is 0 Å². The van der Waals surface area contributed by atoms with Gasteiger partial charge in [0.2, 0.25) is 5.60 Å². The summed E-state index contributed by atoms with van der Waals surface area (Å²) in [5.41, 5.74) is 0.396. The van der Waals surface area contributed by atoms with Gasteiger partial charge in [0, 0.05) is 56.0 Å². The first-order valence-electron chi connectivity index (χ1n) is 14.9. The number of dihydropyridines is 1. The van der Waals surface area contributed by atoms with Crippen molar-refractivity contribution in [1.82, 2.24) is 20.9 Å². The Kier molecular flexibility index (Phi) is 11.5. The van der Waals surface area contributed by atoms with Crippen molar-refractivity contribution in [2.75, 3.05) is 26.2 Å². The molecule has 4 aliphatic heterocycles. The fourth-order valence-corrected chi connectivity index (χ4v) is 5.70. The number of fused-ring (bicyclic) bond motifs is 1. The van der Waals surface area contributed by atoms with E-state index in [0.717, 1.165) is 56.1 Å². The van der Waals surface area contributed by atoms with Crippen LogP contribution >= 0.6 is 11.6 Å². The van der Waals surface area contributed by atoms with E-state index in [2.05, 4.69) is 16.0 Å². The molecule has 6 rings (SSSR count). The normalized spacial score (nSPS) is 24.1. The molecule has 0 radical (unpaired) electrons. The third-order valence-corrected chi connectivity index (χ3v) is 7.95. The molecule has 0 aromatic heterocycles. The molecule has 0 spiro atoms. The number of carbonyl (C=O) groups is 2. The Morgan fingerprint density at radius 3 is 2.68 bits per heavy atom. The molecule has 0 aliphatic carbocycles. The Bertz CT molecular complexity index is 1400. The molecule has 3 fully saturated rings. The highest BCUT2D eigenvalue weighted by Crippen LogP contribution is 2.31. The third kappa shape index (κ3) is 7.82. The van der Waals surface area contributed by atoms with Gasteiger partial charge in [-0.3, -0.25) is 9.59 Å². The first-order valence-corrected chi connectivity index (χ1v) is 15.2. The van der Waals surface area contributed by atoms with Crippen molar-refractivity contribution in [1.29, 1.82) is 0 Å². The molecular weight excluding hydrogens is 597 g/mol. The number of rotatable bonds is 5. The van der Waals surface area contributed by atoms with E-state index in [1.807, 2.05) is 19.9 Å². The van der Waals surface area contributed by atoms with Gasteiger partial charge < -0.3 is 30.7 Å². The lowest BCUT2D eigenvalue weighted by Gasteiger charge is -2.26. The maximum Gasteiger partial charge on any atom is 0.268 e. The van der Waals surface area contributed by atoms with Crippen LogP contribution in [0.5, 0.6) is 0 Å². The van der Waals surface area contributed by atoms with E-state index in [0.29, 0.717) is 23.4 Å². The summed E-state index contributed by atoms with van der Waals surface area (Å²) in [6.45, 7) is 6.37. The molecule has 2 amide bonds. The van der Waals surface area contributed by atoms with E-state index in [-0.39, 0.29) is 42.5 Å². The Morgan fingerprint density at radius 1 is 1.16 bits per heavy atom. The van der Waals surface area contributed by atoms with Gasteiger partial charge in [0.05, 0.1) is 17.8 Å². The molecule has 12 heteroatoms. The Hall–Kier alpha value is -3.38. The number of benzene rings is 2. The van der Waals surface area contributed by atoms with E-state index in [9.17, 15) is 27.9 Å². The number of halogens is 4. The Labute approximate surface area is 260 Å². The second-order valence-corrected chi connectivity index (χ2v) is 11.1. The summed E-state index contributed by atoms with van der Waals surface area (Å²) in [6, 6.07) is 7.62. The molecule has 3 atom stereocenters. The van der Waals surface area contributed by atoms with Gasteiger partial charge in [-0.05, 0) is 72.9 Å². The van der Waals surface area contributed by atoms with Crippen molar-refractivity contribution in [3.8, 4) is 0 Å². The molecule has 2 aromatic carbocycles. The molecule has 238 valence electrons. The van der Waals surface area contributed by atoms with Crippen LogP contribution in [0.15, 0.2) is 59.9 Å². The van der Waals surface area contributed by atoms with E-state index in [1.54, 1.807) is 6.20 Å². The molecule has 4 heterocycles. The van der Waals surface area contributed by atoms with Gasteiger partial charge in [0.15, 0.2) is 0 Å². The Balaban J connectivity index is 0.000000231. The third-order valence-electron chi connectivity index (χ3n) is 7.73. The second-order valence-electron chi connectivity index (χ2n) is 10.7. The molecule has 0 bridgehead atoms. The number of allylic oxidation sites excluding steroid dienone is 1. The molecular formula is C32H38ClF3N4O4. The van der Waals surface area contributed by atoms with Gasteiger partial charge in [-0.2, -0.15) is 0 Å². The van der Waals surface area contributed by atoms with Crippen molar-refractivity contribution < 1.29 is 32.6 Å². The summed E-state index contributed by atoms with van der Waals surface area (Å²) < 4.78 is 45.0. The van der Waals surface area contributed by atoms with Gasteiger partial charge in [-0.25, -0.2) is 13.2 Å². The highest BCUT2D eigenvalue weighted by atomic mass is 35.5. The first kappa shape index (κ1) is 33.5. The fourth-order valence-electron chi connectivity index (χ4n) is 5.46. The number of likely N-dealkylation sites (tertiary alicyclic amines) is 1. The standard InChI is InChI=1S/C19H20ClFN4O3.C11H12F2O.C2H6/c20-13-3-11(4-14(21)6-13)7-24-17(26)19(28)1-2-25(18(19)27)15-5-12-8-22-10-16(12)23-9-15;12-8-4-5-10(13)9(7-8)11-3-1-2-6-14-11;1-2/h3-6,9,16,22-23,28H,1-2,7-8,10H2,(H,24,26);4-5,7,11H,1-3,6H2;1-2H3. The van der Waals surface area contributed by atoms with Crippen molar-refractivity contribution in [3.05, 3.63) is 93.5 Å². The number of ether oxygens (including phenoxy) is 1. The SMILES string of the molecule is CC.Fc1ccc(F)c(C2CCCCO2)c1.O=C(NCc1cc(F)cc(Cl)c1)C1(O)CCN(C2=CNC3CNCC3=C2)C1=O. The van der Waals surface area contributed by atoms with Crippen LogP contribution in [0.4, 0.5) is 13.2 Å². The maximum atomic E-state index is 13.4.